The van der Waals surface area contributed by atoms with Crippen LogP contribution in [-0.4, -0.2) is 26.7 Å². The number of halogens is 1. The van der Waals surface area contributed by atoms with E-state index in [1.54, 1.807) is 0 Å². The number of nitrogens with one attached hydrogen (secondary N) is 2. The number of aromatic amines is 1. The summed E-state index contributed by atoms with van der Waals surface area (Å²) in [6, 6.07) is 8.73. The van der Waals surface area contributed by atoms with E-state index in [9.17, 15) is 0 Å². The van der Waals surface area contributed by atoms with Crippen molar-refractivity contribution in [2.75, 3.05) is 0 Å². The highest BCUT2D eigenvalue weighted by Crippen LogP contribution is 2.11. The molecule has 2 N–H and O–H groups in total. The highest BCUT2D eigenvalue weighted by atomic mass is 79.9. The first-order chi connectivity index (χ1) is 8.24. The Morgan fingerprint density at radius 3 is 2.76 bits per heavy atom. The maximum atomic E-state index is 3.89. The van der Waals surface area contributed by atoms with Gasteiger partial charge in [0, 0.05) is 10.5 Å². The molecule has 17 heavy (non-hydrogen) atoms. The predicted octanol–water partition coefficient (Wildman–Crippen LogP) is 1.68. The second-order valence-electron chi connectivity index (χ2n) is 3.94. The van der Waals surface area contributed by atoms with Crippen molar-refractivity contribution in [3.63, 3.8) is 0 Å². The second-order valence-corrected chi connectivity index (χ2v) is 4.86. The molecule has 0 spiro atoms. The molecule has 0 aliphatic heterocycles. The lowest BCUT2D eigenvalue weighted by Gasteiger charge is -2.12. The zero-order valence-electron chi connectivity index (χ0n) is 9.52. The second kappa shape index (κ2) is 5.88. The van der Waals surface area contributed by atoms with Crippen LogP contribution in [0.1, 0.15) is 18.3 Å². The molecule has 90 valence electrons. The highest BCUT2D eigenvalue weighted by molar-refractivity contribution is 9.10. The van der Waals surface area contributed by atoms with Crippen LogP contribution in [0.3, 0.4) is 0 Å². The van der Waals surface area contributed by atoms with Gasteiger partial charge < -0.3 is 5.32 Å². The fourth-order valence-corrected chi connectivity index (χ4v) is 1.83. The molecule has 0 aliphatic rings. The molecule has 0 fully saturated rings. The maximum absolute atomic E-state index is 3.89. The molecule has 2 aromatic rings. The third-order valence-electron chi connectivity index (χ3n) is 2.45. The Labute approximate surface area is 108 Å². The normalized spacial score (nSPS) is 12.6. The molecule has 0 saturated carbocycles. The Morgan fingerprint density at radius 2 is 2.12 bits per heavy atom. The average molecular weight is 296 g/mol. The van der Waals surface area contributed by atoms with Gasteiger partial charge in [-0.25, -0.2) is 0 Å². The van der Waals surface area contributed by atoms with Crippen molar-refractivity contribution in [1.82, 2.24) is 25.9 Å². The average Bonchev–Trinajstić information content (AvgIpc) is 2.83. The molecule has 5 nitrogen and oxygen atoms in total. The number of nitrogens with zero attached hydrogens (tertiary/aromatic N) is 3. The molecule has 2 rings (SSSR count). The summed E-state index contributed by atoms with van der Waals surface area (Å²) in [7, 11) is 0. The molecule has 0 aliphatic carbocycles. The van der Waals surface area contributed by atoms with Gasteiger partial charge in [0.1, 0.15) is 0 Å². The zero-order chi connectivity index (χ0) is 12.1. The number of H-pyrrole nitrogens is 1. The summed E-state index contributed by atoms with van der Waals surface area (Å²) in [6.07, 6.45) is 0.977. The first-order valence-electron chi connectivity index (χ1n) is 5.44. The molecule has 6 heteroatoms. The Morgan fingerprint density at radius 1 is 1.35 bits per heavy atom. The van der Waals surface area contributed by atoms with Crippen molar-refractivity contribution in [2.45, 2.75) is 25.9 Å². The molecular formula is C11H14BrN5. The molecule has 0 saturated heterocycles. The summed E-state index contributed by atoms with van der Waals surface area (Å²) >= 11 is 3.43. The smallest absolute Gasteiger partial charge is 0.188 e. The van der Waals surface area contributed by atoms with Gasteiger partial charge in [-0.1, -0.05) is 33.3 Å². The van der Waals surface area contributed by atoms with Crippen molar-refractivity contribution < 1.29 is 0 Å². The van der Waals surface area contributed by atoms with Gasteiger partial charge >= 0.3 is 0 Å². The molecule has 1 atom stereocenters. The summed E-state index contributed by atoms with van der Waals surface area (Å²) in [5.74, 6) is 0.688. The topological polar surface area (TPSA) is 66.5 Å². The van der Waals surface area contributed by atoms with E-state index in [0.29, 0.717) is 18.4 Å². The van der Waals surface area contributed by atoms with E-state index in [-0.39, 0.29) is 0 Å². The van der Waals surface area contributed by atoms with Crippen molar-refractivity contribution >= 4 is 15.9 Å². The van der Waals surface area contributed by atoms with Crippen LogP contribution in [0.25, 0.3) is 0 Å². The summed E-state index contributed by atoms with van der Waals surface area (Å²) in [5, 5.41) is 17.1. The molecule has 0 radical (unpaired) electrons. The van der Waals surface area contributed by atoms with Crippen molar-refractivity contribution in [3.05, 3.63) is 40.1 Å². The monoisotopic (exact) mass is 295 g/mol. The molecule has 1 aromatic heterocycles. The van der Waals surface area contributed by atoms with Crippen molar-refractivity contribution in [1.29, 1.82) is 0 Å². The molecule has 1 unspecified atom stereocenters. The summed E-state index contributed by atoms with van der Waals surface area (Å²) in [4.78, 5) is 0. The third kappa shape index (κ3) is 3.90. The van der Waals surface area contributed by atoms with Crippen molar-refractivity contribution in [2.24, 2.45) is 0 Å². The number of benzene rings is 1. The van der Waals surface area contributed by atoms with E-state index < -0.39 is 0 Å². The quantitative estimate of drug-likeness (QED) is 0.881. The Kier molecular flexibility index (Phi) is 4.22. The van der Waals surface area contributed by atoms with Crippen LogP contribution in [0.5, 0.6) is 0 Å². The van der Waals surface area contributed by atoms with E-state index in [1.165, 1.54) is 5.56 Å². The lowest BCUT2D eigenvalue weighted by molar-refractivity contribution is 0.533. The van der Waals surface area contributed by atoms with Crippen LogP contribution in [0.4, 0.5) is 0 Å². The molecule has 1 heterocycles. The zero-order valence-corrected chi connectivity index (χ0v) is 11.1. The number of hydrogen-bond donors (Lipinski definition) is 2. The summed E-state index contributed by atoms with van der Waals surface area (Å²) in [6.45, 7) is 2.77. The van der Waals surface area contributed by atoms with Crippen molar-refractivity contribution in [3.8, 4) is 0 Å². The van der Waals surface area contributed by atoms with Crippen LogP contribution in [0.15, 0.2) is 28.7 Å². The largest absolute Gasteiger partial charge is 0.307 e. The van der Waals surface area contributed by atoms with Gasteiger partial charge in [-0.3, -0.25) is 0 Å². The van der Waals surface area contributed by atoms with Gasteiger partial charge in [0.15, 0.2) is 5.82 Å². The van der Waals surface area contributed by atoms with E-state index in [1.807, 2.05) is 0 Å². The Hall–Kier alpha value is -1.27. The minimum absolute atomic E-state index is 0.370. The van der Waals surface area contributed by atoms with Crippen LogP contribution >= 0.6 is 15.9 Å². The number of tetrazole rings is 1. The maximum Gasteiger partial charge on any atom is 0.188 e. The summed E-state index contributed by atoms with van der Waals surface area (Å²) < 4.78 is 1.11. The molecular weight excluding hydrogens is 282 g/mol. The predicted molar refractivity (Wildman–Crippen MR) is 68.3 cm³/mol. The number of rotatable bonds is 5. The van der Waals surface area contributed by atoms with Gasteiger partial charge in [-0.2, -0.15) is 5.21 Å². The molecule has 1 aromatic carbocycles. The Balaban J connectivity index is 1.80. The van der Waals surface area contributed by atoms with Gasteiger partial charge in [0.2, 0.25) is 0 Å². The fourth-order valence-electron chi connectivity index (χ4n) is 1.57. The highest BCUT2D eigenvalue weighted by Gasteiger charge is 2.05. The van der Waals surface area contributed by atoms with E-state index in [4.69, 9.17) is 0 Å². The van der Waals surface area contributed by atoms with Crippen LogP contribution < -0.4 is 5.32 Å². The van der Waals surface area contributed by atoms with Gasteiger partial charge in [0.05, 0.1) is 6.54 Å². The summed E-state index contributed by atoms with van der Waals surface area (Å²) in [5.41, 5.74) is 1.31. The lowest BCUT2D eigenvalue weighted by atomic mass is 10.1. The lowest BCUT2D eigenvalue weighted by Crippen LogP contribution is -2.28. The minimum Gasteiger partial charge on any atom is -0.307 e. The van der Waals surface area contributed by atoms with Gasteiger partial charge in [-0.15, -0.1) is 10.2 Å². The first kappa shape index (κ1) is 12.2. The standard InChI is InChI=1S/C11H14BrN5/c1-8(13-7-11-14-16-17-15-11)6-9-2-4-10(12)5-3-9/h2-5,8,13H,6-7H2,1H3,(H,14,15,16,17). The van der Waals surface area contributed by atoms with Gasteiger partial charge in [-0.05, 0) is 31.0 Å². The molecule has 0 bridgehead atoms. The Bertz CT molecular complexity index is 439. The van der Waals surface area contributed by atoms with E-state index >= 15 is 0 Å². The van der Waals surface area contributed by atoms with E-state index in [0.717, 1.165) is 10.9 Å². The fraction of sp³-hybridized carbons (Fsp3) is 0.364. The molecule has 0 amide bonds. The first-order valence-corrected chi connectivity index (χ1v) is 6.23. The van der Waals surface area contributed by atoms with E-state index in [2.05, 4.69) is 73.1 Å². The van der Waals surface area contributed by atoms with Crippen LogP contribution in [-0.2, 0) is 13.0 Å². The van der Waals surface area contributed by atoms with Gasteiger partial charge in [0.25, 0.3) is 0 Å². The number of aromatic nitrogens is 4. The van der Waals surface area contributed by atoms with Crippen LogP contribution in [0, 0.1) is 0 Å². The number of hydrogen-bond acceptors (Lipinski definition) is 4. The van der Waals surface area contributed by atoms with Crippen LogP contribution in [0.2, 0.25) is 0 Å². The minimum atomic E-state index is 0.370. The third-order valence-corrected chi connectivity index (χ3v) is 2.98. The SMILES string of the molecule is CC(Cc1ccc(Br)cc1)NCc1nn[nH]n1.